The van der Waals surface area contributed by atoms with Crippen LogP contribution in [0.1, 0.15) is 155 Å². The van der Waals surface area contributed by atoms with Crippen LogP contribution in [0, 0.1) is 0 Å². The fraction of sp³-hybridized carbons (Fsp3) is 0.733. The van der Waals surface area contributed by atoms with Crippen LogP contribution in [0.2, 0.25) is 0 Å². The SMILES string of the molecule is CC/C=C/C=C/C=C/C=C/CCCCCCCC(=O)O[C@H](COC(=O)CCCCC/C=C/CCCCCCCCCC)CO[C@H]1O[C@H](CS(=O)(=O)O)[C@@H](O)C(O)C1O. The van der Waals surface area contributed by atoms with Gasteiger partial charge in [-0.3, -0.25) is 14.1 Å². The zero-order valence-electron chi connectivity index (χ0n) is 35.4. The van der Waals surface area contributed by atoms with E-state index in [4.69, 9.17) is 18.9 Å². The maximum absolute atomic E-state index is 12.8. The maximum Gasteiger partial charge on any atom is 0.306 e. The molecule has 12 nitrogen and oxygen atoms in total. The van der Waals surface area contributed by atoms with Crippen LogP contribution < -0.4 is 0 Å². The molecule has 13 heteroatoms. The highest BCUT2D eigenvalue weighted by Crippen LogP contribution is 2.24. The minimum Gasteiger partial charge on any atom is -0.462 e. The summed E-state index contributed by atoms with van der Waals surface area (Å²) in [6, 6.07) is 0. The Hall–Kier alpha value is -2.65. The molecule has 1 rings (SSSR count). The van der Waals surface area contributed by atoms with Gasteiger partial charge in [0, 0.05) is 12.8 Å². The van der Waals surface area contributed by atoms with Gasteiger partial charge in [-0.05, 0) is 57.8 Å². The smallest absolute Gasteiger partial charge is 0.306 e. The predicted molar refractivity (Wildman–Crippen MR) is 229 cm³/mol. The first-order chi connectivity index (χ1) is 28.0. The molecule has 1 fully saturated rings. The van der Waals surface area contributed by atoms with Crippen LogP contribution >= 0.6 is 0 Å². The molecule has 0 amide bonds. The van der Waals surface area contributed by atoms with E-state index in [-0.39, 0.29) is 19.4 Å². The molecule has 1 aliphatic rings. The van der Waals surface area contributed by atoms with Gasteiger partial charge in [0.1, 0.15) is 36.8 Å². The van der Waals surface area contributed by atoms with E-state index in [1.807, 2.05) is 36.5 Å². The van der Waals surface area contributed by atoms with Gasteiger partial charge in [-0.1, -0.05) is 145 Å². The predicted octanol–water partition coefficient (Wildman–Crippen LogP) is 8.56. The lowest BCUT2D eigenvalue weighted by Gasteiger charge is -2.40. The van der Waals surface area contributed by atoms with Gasteiger partial charge in [-0.15, -0.1) is 0 Å². The first kappa shape index (κ1) is 53.4. The van der Waals surface area contributed by atoms with Crippen molar-refractivity contribution in [3.8, 4) is 0 Å². The molecule has 1 saturated heterocycles. The van der Waals surface area contributed by atoms with Crippen molar-refractivity contribution in [2.75, 3.05) is 19.0 Å². The Labute approximate surface area is 349 Å². The number of hydrogen-bond acceptors (Lipinski definition) is 11. The van der Waals surface area contributed by atoms with E-state index in [1.165, 1.54) is 51.4 Å². The molecule has 0 aromatic heterocycles. The summed E-state index contributed by atoms with van der Waals surface area (Å²) in [6.45, 7) is 3.57. The fourth-order valence-corrected chi connectivity index (χ4v) is 6.96. The van der Waals surface area contributed by atoms with E-state index in [1.54, 1.807) is 0 Å². The number of ether oxygens (including phenoxy) is 4. The number of esters is 2. The highest BCUT2D eigenvalue weighted by atomic mass is 32.2. The van der Waals surface area contributed by atoms with Gasteiger partial charge in [0.15, 0.2) is 12.4 Å². The summed E-state index contributed by atoms with van der Waals surface area (Å²) in [5.41, 5.74) is 0. The summed E-state index contributed by atoms with van der Waals surface area (Å²) in [5, 5.41) is 30.8. The third kappa shape index (κ3) is 29.5. The van der Waals surface area contributed by atoms with Crippen molar-refractivity contribution in [1.82, 2.24) is 0 Å². The van der Waals surface area contributed by atoms with Crippen LogP contribution in [-0.4, -0.2) is 96.0 Å². The van der Waals surface area contributed by atoms with Crippen molar-refractivity contribution in [3.05, 3.63) is 60.8 Å². The standard InChI is InChI=1S/C45H76O12S/c1-3-5-7-9-11-13-15-17-19-21-23-25-27-29-31-33-40(46)54-35-38(36-55-45-44(50)43(49)42(48)39(57-45)37-58(51,52)53)56-41(47)34-32-30-28-26-24-22-20-18-16-14-12-10-8-6-4-2/h6,8,10,12,14,16,18,20-21,23,38-39,42-45,48-50H,3-5,7,9,11,13,15,17,19,22,24-37H2,1-2H3,(H,51,52,53)/b8-6+,12-10+,16-14+,20-18+,23-21+/t38-,39-,42-,43?,44?,45+/m1/s1. The molecule has 2 unspecified atom stereocenters. The number of allylic oxidation sites excluding steroid dienone is 10. The Bertz CT molecular complexity index is 1310. The lowest BCUT2D eigenvalue weighted by Crippen LogP contribution is -2.60. The summed E-state index contributed by atoms with van der Waals surface area (Å²) >= 11 is 0. The van der Waals surface area contributed by atoms with Gasteiger partial charge in [0.25, 0.3) is 10.1 Å². The molecule has 6 atom stereocenters. The first-order valence-corrected chi connectivity index (χ1v) is 23.5. The van der Waals surface area contributed by atoms with E-state index in [2.05, 4.69) is 38.2 Å². The van der Waals surface area contributed by atoms with Crippen molar-refractivity contribution in [3.63, 3.8) is 0 Å². The average Bonchev–Trinajstić information content (AvgIpc) is 3.18. The highest BCUT2D eigenvalue weighted by molar-refractivity contribution is 7.85. The van der Waals surface area contributed by atoms with E-state index in [0.29, 0.717) is 12.8 Å². The van der Waals surface area contributed by atoms with Gasteiger partial charge in [0.2, 0.25) is 0 Å². The van der Waals surface area contributed by atoms with Crippen LogP contribution in [0.15, 0.2) is 60.8 Å². The van der Waals surface area contributed by atoms with E-state index in [9.17, 15) is 37.9 Å². The molecule has 0 saturated carbocycles. The summed E-state index contributed by atoms with van der Waals surface area (Å²) in [7, 11) is -4.61. The molecule has 0 aromatic carbocycles. The quantitative estimate of drug-likeness (QED) is 0.0157. The molecule has 0 aromatic rings. The molecule has 1 aliphatic heterocycles. The van der Waals surface area contributed by atoms with Crippen molar-refractivity contribution in [2.24, 2.45) is 0 Å². The van der Waals surface area contributed by atoms with Gasteiger partial charge in [0.05, 0.1) is 6.61 Å². The normalized spacial score (nSPS) is 21.0. The summed E-state index contributed by atoms with van der Waals surface area (Å²) in [4.78, 5) is 25.4. The first-order valence-electron chi connectivity index (χ1n) is 21.9. The topological polar surface area (TPSA) is 186 Å². The minimum absolute atomic E-state index is 0.133. The second kappa shape index (κ2) is 35.1. The fourth-order valence-electron chi connectivity index (χ4n) is 6.27. The Kier molecular flexibility index (Phi) is 32.3. The molecular weight excluding hydrogens is 765 g/mol. The Morgan fingerprint density at radius 1 is 0.603 bits per heavy atom. The van der Waals surface area contributed by atoms with Crippen molar-refractivity contribution in [1.29, 1.82) is 0 Å². The molecule has 0 aliphatic carbocycles. The lowest BCUT2D eigenvalue weighted by molar-refractivity contribution is -0.297. The molecule has 0 bridgehead atoms. The molecule has 0 spiro atoms. The lowest BCUT2D eigenvalue weighted by atomic mass is 10.00. The Balaban J connectivity index is 2.50. The number of aliphatic hydroxyl groups is 3. The number of unbranched alkanes of at least 4 members (excludes halogenated alkanes) is 16. The van der Waals surface area contributed by atoms with Crippen LogP contribution in [0.3, 0.4) is 0 Å². The monoisotopic (exact) mass is 841 g/mol. The van der Waals surface area contributed by atoms with Crippen molar-refractivity contribution in [2.45, 2.75) is 192 Å². The average molecular weight is 841 g/mol. The molecular formula is C45H76O12S. The van der Waals surface area contributed by atoms with Crippen LogP contribution in [0.4, 0.5) is 0 Å². The third-order valence-electron chi connectivity index (χ3n) is 9.68. The van der Waals surface area contributed by atoms with E-state index >= 15 is 0 Å². The number of carbonyl (C=O) groups excluding carboxylic acids is 2. The van der Waals surface area contributed by atoms with Crippen LogP contribution in [0.5, 0.6) is 0 Å². The molecule has 58 heavy (non-hydrogen) atoms. The number of aliphatic hydroxyl groups excluding tert-OH is 3. The minimum atomic E-state index is -4.61. The molecule has 334 valence electrons. The summed E-state index contributed by atoms with van der Waals surface area (Å²) < 4.78 is 54.0. The summed E-state index contributed by atoms with van der Waals surface area (Å²) in [5.74, 6) is -2.04. The highest BCUT2D eigenvalue weighted by Gasteiger charge is 2.46. The van der Waals surface area contributed by atoms with Crippen molar-refractivity contribution < 1.29 is 56.8 Å². The molecule has 0 radical (unpaired) electrons. The van der Waals surface area contributed by atoms with E-state index < -0.39 is 71.2 Å². The van der Waals surface area contributed by atoms with Gasteiger partial charge in [-0.2, -0.15) is 8.42 Å². The zero-order chi connectivity index (χ0) is 42.7. The maximum atomic E-state index is 12.8. The summed E-state index contributed by atoms with van der Waals surface area (Å²) in [6.07, 6.45) is 32.7. The number of rotatable bonds is 35. The Morgan fingerprint density at radius 3 is 1.69 bits per heavy atom. The largest absolute Gasteiger partial charge is 0.462 e. The van der Waals surface area contributed by atoms with Gasteiger partial charge >= 0.3 is 11.9 Å². The zero-order valence-corrected chi connectivity index (χ0v) is 36.2. The second-order valence-electron chi connectivity index (χ2n) is 15.1. The molecule has 4 N–H and O–H groups in total. The third-order valence-corrected chi connectivity index (χ3v) is 10.4. The number of hydrogen-bond donors (Lipinski definition) is 4. The molecule has 1 heterocycles. The van der Waals surface area contributed by atoms with Crippen LogP contribution in [-0.2, 0) is 38.7 Å². The van der Waals surface area contributed by atoms with Crippen LogP contribution in [0.25, 0.3) is 0 Å². The van der Waals surface area contributed by atoms with E-state index in [0.717, 1.165) is 64.2 Å². The number of carbonyl (C=O) groups is 2. The van der Waals surface area contributed by atoms with Gasteiger partial charge < -0.3 is 34.3 Å². The second-order valence-corrected chi connectivity index (χ2v) is 16.6. The van der Waals surface area contributed by atoms with Crippen molar-refractivity contribution >= 4 is 22.1 Å². The Morgan fingerprint density at radius 2 is 1.10 bits per heavy atom. The van der Waals surface area contributed by atoms with Gasteiger partial charge in [-0.25, -0.2) is 0 Å².